The molecule has 1 amide bonds. The summed E-state index contributed by atoms with van der Waals surface area (Å²) in [5.41, 5.74) is 1.04. The molecule has 3 heteroatoms. The highest BCUT2D eigenvalue weighted by molar-refractivity contribution is 5.69. The van der Waals surface area contributed by atoms with Gasteiger partial charge in [0.1, 0.15) is 6.61 Å². The van der Waals surface area contributed by atoms with Gasteiger partial charge in [-0.05, 0) is 44.1 Å². The van der Waals surface area contributed by atoms with Gasteiger partial charge in [0.05, 0.1) is 0 Å². The number of allylic oxidation sites excluding steroid dienone is 1. The van der Waals surface area contributed by atoms with E-state index in [4.69, 9.17) is 4.74 Å². The lowest BCUT2D eigenvalue weighted by atomic mass is 10.1. The van der Waals surface area contributed by atoms with Gasteiger partial charge in [-0.3, -0.25) is 0 Å². The minimum absolute atomic E-state index is 0.138. The molecule has 1 aliphatic rings. The first kappa shape index (κ1) is 18.6. The topological polar surface area (TPSA) is 29.5 Å². The Morgan fingerprint density at radius 3 is 2.50 bits per heavy atom. The Morgan fingerprint density at radius 2 is 1.88 bits per heavy atom. The largest absolute Gasteiger partial charge is 0.445 e. The third kappa shape index (κ3) is 5.40. The summed E-state index contributed by atoms with van der Waals surface area (Å²) in [7, 11) is 0. The molecule has 1 heterocycles. The molecule has 0 unspecified atom stereocenters. The van der Waals surface area contributed by atoms with Gasteiger partial charge < -0.3 is 9.64 Å². The second kappa shape index (κ2) is 10.2. The number of rotatable bonds is 9. The van der Waals surface area contributed by atoms with Gasteiger partial charge >= 0.3 is 6.09 Å². The molecule has 1 aromatic carbocycles. The van der Waals surface area contributed by atoms with E-state index in [0.717, 1.165) is 44.1 Å². The molecule has 0 saturated carbocycles. The van der Waals surface area contributed by atoms with Crippen molar-refractivity contribution in [3.63, 3.8) is 0 Å². The predicted octanol–water partition coefficient (Wildman–Crippen LogP) is 5.70. The predicted molar refractivity (Wildman–Crippen MR) is 98.8 cm³/mol. The van der Waals surface area contributed by atoms with Crippen LogP contribution in [0.2, 0.25) is 0 Å². The fourth-order valence-electron chi connectivity index (χ4n) is 3.56. The van der Waals surface area contributed by atoms with Crippen molar-refractivity contribution in [1.82, 2.24) is 4.90 Å². The van der Waals surface area contributed by atoms with E-state index in [1.807, 2.05) is 41.3 Å². The molecule has 0 aromatic heterocycles. The lowest BCUT2D eigenvalue weighted by Crippen LogP contribution is -2.41. The lowest BCUT2D eigenvalue weighted by Gasteiger charge is -2.30. The molecule has 0 N–H and O–H groups in total. The molecule has 2 atom stereocenters. The summed E-state index contributed by atoms with van der Waals surface area (Å²) in [6, 6.07) is 10.6. The highest BCUT2D eigenvalue weighted by Gasteiger charge is 2.36. The number of carbonyl (C=O) groups excluding carboxylic acids is 1. The first-order chi connectivity index (χ1) is 11.8. The Hall–Kier alpha value is -1.77. The van der Waals surface area contributed by atoms with Crippen molar-refractivity contribution in [1.29, 1.82) is 0 Å². The normalized spacial score (nSPS) is 20.1. The van der Waals surface area contributed by atoms with E-state index in [2.05, 4.69) is 13.5 Å². The second-order valence-electron chi connectivity index (χ2n) is 6.69. The maximum atomic E-state index is 12.7. The Bertz CT molecular complexity index is 500. The molecule has 1 saturated heterocycles. The molecule has 24 heavy (non-hydrogen) atoms. The van der Waals surface area contributed by atoms with Crippen LogP contribution in [-0.2, 0) is 11.3 Å². The van der Waals surface area contributed by atoms with Crippen LogP contribution in [0.4, 0.5) is 4.79 Å². The number of amides is 1. The molecule has 1 fully saturated rings. The standard InChI is InChI=1S/C21H31NO2/c1-3-5-8-14-20-16-15-19(13-6-4-2)22(20)21(23)24-17-18-11-9-7-10-12-18/h3,7,9-12,19-20H,1,4-6,8,13-17H2,2H3/t19-,20-/m1/s1. The van der Waals surface area contributed by atoms with E-state index in [-0.39, 0.29) is 6.09 Å². The van der Waals surface area contributed by atoms with Crippen LogP contribution in [0.15, 0.2) is 43.0 Å². The van der Waals surface area contributed by atoms with E-state index >= 15 is 0 Å². The maximum Gasteiger partial charge on any atom is 0.410 e. The van der Waals surface area contributed by atoms with E-state index in [9.17, 15) is 4.79 Å². The molecule has 0 spiro atoms. The Labute approximate surface area is 146 Å². The van der Waals surface area contributed by atoms with Crippen LogP contribution in [0, 0.1) is 0 Å². The molecule has 2 rings (SSSR count). The number of hydrogen-bond acceptors (Lipinski definition) is 2. The van der Waals surface area contributed by atoms with Crippen molar-refractivity contribution in [3.05, 3.63) is 48.6 Å². The van der Waals surface area contributed by atoms with Crippen molar-refractivity contribution in [2.24, 2.45) is 0 Å². The summed E-state index contributed by atoms with van der Waals surface area (Å²) in [6.45, 7) is 6.35. The van der Waals surface area contributed by atoms with Gasteiger partial charge in [0.2, 0.25) is 0 Å². The summed E-state index contributed by atoms with van der Waals surface area (Å²) < 4.78 is 5.63. The quantitative estimate of drug-likeness (QED) is 0.429. The molecule has 1 aromatic rings. The molecule has 0 bridgehead atoms. The lowest BCUT2D eigenvalue weighted by molar-refractivity contribution is 0.0745. The minimum Gasteiger partial charge on any atom is -0.445 e. The number of likely N-dealkylation sites (tertiary alicyclic amines) is 1. The zero-order valence-corrected chi connectivity index (χ0v) is 15.0. The fraction of sp³-hybridized carbons (Fsp3) is 0.571. The van der Waals surface area contributed by atoms with Gasteiger partial charge in [-0.1, -0.05) is 56.2 Å². The van der Waals surface area contributed by atoms with E-state index in [1.165, 1.54) is 12.8 Å². The molecule has 132 valence electrons. The van der Waals surface area contributed by atoms with Gasteiger partial charge in [-0.25, -0.2) is 4.79 Å². The average Bonchev–Trinajstić information content (AvgIpc) is 3.02. The highest BCUT2D eigenvalue weighted by Crippen LogP contribution is 2.31. The summed E-state index contributed by atoms with van der Waals surface area (Å²) >= 11 is 0. The van der Waals surface area contributed by atoms with Crippen LogP contribution < -0.4 is 0 Å². The first-order valence-electron chi connectivity index (χ1n) is 9.36. The molecule has 0 radical (unpaired) electrons. The zero-order chi connectivity index (χ0) is 17.2. The third-order valence-corrected chi connectivity index (χ3v) is 4.87. The number of unbranched alkanes of at least 4 members (excludes halogenated alkanes) is 2. The van der Waals surface area contributed by atoms with Crippen LogP contribution in [0.5, 0.6) is 0 Å². The van der Waals surface area contributed by atoms with Crippen LogP contribution in [0.25, 0.3) is 0 Å². The van der Waals surface area contributed by atoms with Gasteiger partial charge in [0, 0.05) is 12.1 Å². The van der Waals surface area contributed by atoms with Crippen LogP contribution in [0.3, 0.4) is 0 Å². The SMILES string of the molecule is C=CCCC[C@@H]1CC[C@@H](CCCC)N1C(=O)OCc1ccccc1. The number of carbonyl (C=O) groups is 1. The molecule has 0 aliphatic carbocycles. The summed E-state index contributed by atoms with van der Waals surface area (Å²) in [5.74, 6) is 0. The van der Waals surface area contributed by atoms with Crippen molar-refractivity contribution in [2.45, 2.75) is 77.0 Å². The van der Waals surface area contributed by atoms with Crippen molar-refractivity contribution in [2.75, 3.05) is 0 Å². The van der Waals surface area contributed by atoms with Crippen LogP contribution in [-0.4, -0.2) is 23.1 Å². The van der Waals surface area contributed by atoms with E-state index in [0.29, 0.717) is 18.7 Å². The minimum atomic E-state index is -0.138. The number of nitrogens with zero attached hydrogens (tertiary/aromatic N) is 1. The molecular weight excluding hydrogens is 298 g/mol. The Balaban J connectivity index is 1.95. The third-order valence-electron chi connectivity index (χ3n) is 4.87. The van der Waals surface area contributed by atoms with Crippen molar-refractivity contribution in [3.8, 4) is 0 Å². The van der Waals surface area contributed by atoms with Crippen LogP contribution >= 0.6 is 0 Å². The summed E-state index contributed by atoms with van der Waals surface area (Å²) in [5, 5.41) is 0. The van der Waals surface area contributed by atoms with Crippen molar-refractivity contribution < 1.29 is 9.53 Å². The van der Waals surface area contributed by atoms with Gasteiger partial charge in [0.15, 0.2) is 0 Å². The monoisotopic (exact) mass is 329 g/mol. The number of hydrogen-bond donors (Lipinski definition) is 0. The van der Waals surface area contributed by atoms with Gasteiger partial charge in [-0.2, -0.15) is 0 Å². The Morgan fingerprint density at radius 1 is 1.21 bits per heavy atom. The highest BCUT2D eigenvalue weighted by atomic mass is 16.6. The number of ether oxygens (including phenoxy) is 1. The van der Waals surface area contributed by atoms with Crippen LogP contribution in [0.1, 0.15) is 63.9 Å². The first-order valence-corrected chi connectivity index (χ1v) is 9.36. The number of benzene rings is 1. The van der Waals surface area contributed by atoms with Gasteiger partial charge in [0.25, 0.3) is 0 Å². The average molecular weight is 329 g/mol. The maximum absolute atomic E-state index is 12.7. The summed E-state index contributed by atoms with van der Waals surface area (Å²) in [6.07, 6.45) is 10.6. The summed E-state index contributed by atoms with van der Waals surface area (Å²) in [4.78, 5) is 14.8. The molecular formula is C21H31NO2. The zero-order valence-electron chi connectivity index (χ0n) is 15.0. The van der Waals surface area contributed by atoms with Gasteiger partial charge in [-0.15, -0.1) is 6.58 Å². The van der Waals surface area contributed by atoms with E-state index in [1.54, 1.807) is 0 Å². The molecule has 3 nitrogen and oxygen atoms in total. The molecule has 1 aliphatic heterocycles. The fourth-order valence-corrected chi connectivity index (χ4v) is 3.56. The van der Waals surface area contributed by atoms with Crippen molar-refractivity contribution >= 4 is 6.09 Å². The smallest absolute Gasteiger partial charge is 0.410 e. The Kier molecular flexibility index (Phi) is 7.87. The second-order valence-corrected chi connectivity index (χ2v) is 6.69. The van der Waals surface area contributed by atoms with E-state index < -0.39 is 0 Å².